The van der Waals surface area contributed by atoms with Crippen molar-refractivity contribution in [1.82, 2.24) is 4.98 Å². The molecule has 1 amide bonds. The minimum atomic E-state index is -0.792. The van der Waals surface area contributed by atoms with Gasteiger partial charge < -0.3 is 9.84 Å². The van der Waals surface area contributed by atoms with Gasteiger partial charge >= 0.3 is 0 Å². The molecule has 1 atom stereocenters. The van der Waals surface area contributed by atoms with E-state index in [1.165, 1.54) is 16.2 Å². The standard InChI is InChI=1S/C24H22N2O4S/c1-13-8-10-17(11-9-13)26-20(16-6-5-7-18(12-16)30-4)19(22(28)24(26)29)21(27)23-14(2)25-15(3)31-23/h5-12,20,28H,1-4H3. The Morgan fingerprint density at radius 3 is 2.45 bits per heavy atom. The van der Waals surface area contributed by atoms with Gasteiger partial charge in [0, 0.05) is 5.69 Å². The third-order valence-corrected chi connectivity index (χ3v) is 6.36. The van der Waals surface area contributed by atoms with Crippen LogP contribution in [0.25, 0.3) is 0 Å². The van der Waals surface area contributed by atoms with Crippen molar-refractivity contribution in [3.63, 3.8) is 0 Å². The van der Waals surface area contributed by atoms with Crippen LogP contribution in [-0.2, 0) is 4.79 Å². The van der Waals surface area contributed by atoms with Crippen LogP contribution in [0.3, 0.4) is 0 Å². The van der Waals surface area contributed by atoms with Crippen LogP contribution < -0.4 is 9.64 Å². The lowest BCUT2D eigenvalue weighted by Gasteiger charge is -2.27. The molecule has 0 fully saturated rings. The van der Waals surface area contributed by atoms with Gasteiger partial charge in [0.25, 0.3) is 5.91 Å². The summed E-state index contributed by atoms with van der Waals surface area (Å²) in [5.41, 5.74) is 2.93. The van der Waals surface area contributed by atoms with E-state index < -0.39 is 23.5 Å². The summed E-state index contributed by atoms with van der Waals surface area (Å²) in [5.74, 6) is -0.948. The van der Waals surface area contributed by atoms with Gasteiger partial charge in [0.15, 0.2) is 5.76 Å². The van der Waals surface area contributed by atoms with E-state index in [4.69, 9.17) is 4.74 Å². The van der Waals surface area contributed by atoms with Gasteiger partial charge in [0.05, 0.1) is 34.3 Å². The molecule has 0 radical (unpaired) electrons. The molecule has 1 aliphatic heterocycles. The van der Waals surface area contributed by atoms with Gasteiger partial charge in [-0.05, 0) is 50.6 Å². The number of aryl methyl sites for hydroxylation is 3. The smallest absolute Gasteiger partial charge is 0.294 e. The number of aliphatic hydroxyl groups is 1. The molecular weight excluding hydrogens is 412 g/mol. The average Bonchev–Trinajstić information content (AvgIpc) is 3.24. The van der Waals surface area contributed by atoms with Crippen LogP contribution in [0, 0.1) is 20.8 Å². The van der Waals surface area contributed by atoms with Crippen molar-refractivity contribution in [2.75, 3.05) is 12.0 Å². The Morgan fingerprint density at radius 2 is 1.84 bits per heavy atom. The minimum Gasteiger partial charge on any atom is -0.503 e. The zero-order valence-corrected chi connectivity index (χ0v) is 18.5. The molecule has 0 saturated heterocycles. The van der Waals surface area contributed by atoms with Crippen molar-refractivity contribution < 1.29 is 19.4 Å². The first-order valence-corrected chi connectivity index (χ1v) is 10.6. The van der Waals surface area contributed by atoms with Crippen molar-refractivity contribution in [2.24, 2.45) is 0 Å². The molecule has 0 bridgehead atoms. The van der Waals surface area contributed by atoms with Crippen LogP contribution in [0.5, 0.6) is 5.75 Å². The summed E-state index contributed by atoms with van der Waals surface area (Å²) in [6, 6.07) is 13.8. The molecule has 6 nitrogen and oxygen atoms in total. The average molecular weight is 435 g/mol. The van der Waals surface area contributed by atoms with E-state index in [9.17, 15) is 14.7 Å². The predicted octanol–water partition coefficient (Wildman–Crippen LogP) is 4.86. The molecule has 158 valence electrons. The van der Waals surface area contributed by atoms with E-state index >= 15 is 0 Å². The summed E-state index contributed by atoms with van der Waals surface area (Å²) in [6.07, 6.45) is 0. The van der Waals surface area contributed by atoms with Gasteiger partial charge in [0.2, 0.25) is 5.78 Å². The molecule has 0 spiro atoms. The number of benzene rings is 2. The number of hydrogen-bond acceptors (Lipinski definition) is 6. The third kappa shape index (κ3) is 3.61. The Labute approximate surface area is 184 Å². The second-order valence-electron chi connectivity index (χ2n) is 7.43. The molecule has 31 heavy (non-hydrogen) atoms. The van der Waals surface area contributed by atoms with Gasteiger partial charge in [-0.15, -0.1) is 11.3 Å². The highest BCUT2D eigenvalue weighted by Crippen LogP contribution is 2.43. The molecule has 7 heteroatoms. The largest absolute Gasteiger partial charge is 0.503 e. The monoisotopic (exact) mass is 434 g/mol. The molecule has 4 rings (SSSR count). The number of anilines is 1. The lowest BCUT2D eigenvalue weighted by atomic mass is 9.94. The van der Waals surface area contributed by atoms with Crippen molar-refractivity contribution in [3.8, 4) is 5.75 Å². The second-order valence-corrected chi connectivity index (χ2v) is 8.63. The molecule has 0 saturated carbocycles. The molecule has 1 unspecified atom stereocenters. The molecule has 0 aliphatic carbocycles. The van der Waals surface area contributed by atoms with Gasteiger partial charge in [-0.3, -0.25) is 14.5 Å². The molecule has 2 aromatic carbocycles. The number of nitrogens with zero attached hydrogens (tertiary/aromatic N) is 2. The molecule has 1 aliphatic rings. The maximum Gasteiger partial charge on any atom is 0.294 e. The van der Waals surface area contributed by atoms with Gasteiger partial charge in [-0.2, -0.15) is 0 Å². The summed E-state index contributed by atoms with van der Waals surface area (Å²) >= 11 is 1.26. The summed E-state index contributed by atoms with van der Waals surface area (Å²) in [5, 5.41) is 11.6. The number of amides is 1. The van der Waals surface area contributed by atoms with Crippen molar-refractivity contribution in [3.05, 3.63) is 86.6 Å². The van der Waals surface area contributed by atoms with Gasteiger partial charge in [-0.1, -0.05) is 29.8 Å². The first kappa shape index (κ1) is 20.8. The van der Waals surface area contributed by atoms with Gasteiger partial charge in [0.1, 0.15) is 5.75 Å². The van der Waals surface area contributed by atoms with Crippen LogP contribution in [0.4, 0.5) is 5.69 Å². The number of methoxy groups -OCH3 is 1. The molecule has 3 aromatic rings. The fraction of sp³-hybridized carbons (Fsp3) is 0.208. The summed E-state index contributed by atoms with van der Waals surface area (Å²) in [7, 11) is 1.56. The van der Waals surface area contributed by atoms with Crippen molar-refractivity contribution >= 4 is 28.7 Å². The maximum absolute atomic E-state index is 13.5. The maximum atomic E-state index is 13.5. The van der Waals surface area contributed by atoms with E-state index in [0.29, 0.717) is 27.6 Å². The van der Waals surface area contributed by atoms with E-state index in [1.807, 2.05) is 44.2 Å². The quantitative estimate of drug-likeness (QED) is 0.580. The number of rotatable bonds is 5. The molecule has 2 heterocycles. The Balaban J connectivity index is 1.90. The number of thiazole rings is 1. The van der Waals surface area contributed by atoms with E-state index in [1.54, 1.807) is 32.2 Å². The predicted molar refractivity (Wildman–Crippen MR) is 120 cm³/mol. The zero-order valence-electron chi connectivity index (χ0n) is 17.7. The number of aliphatic hydroxyl groups excluding tert-OH is 1. The highest BCUT2D eigenvalue weighted by molar-refractivity contribution is 7.14. The number of aromatic nitrogens is 1. The normalized spacial score (nSPS) is 16.2. The molecule has 1 N–H and O–H groups in total. The number of carbonyl (C=O) groups is 2. The van der Waals surface area contributed by atoms with E-state index in [0.717, 1.165) is 10.6 Å². The van der Waals surface area contributed by atoms with E-state index in [2.05, 4.69) is 4.98 Å². The topological polar surface area (TPSA) is 79.7 Å². The summed E-state index contributed by atoms with van der Waals surface area (Å²) < 4.78 is 5.35. The van der Waals surface area contributed by atoms with Gasteiger partial charge in [-0.25, -0.2) is 4.98 Å². The van der Waals surface area contributed by atoms with E-state index in [-0.39, 0.29) is 5.57 Å². The molecular formula is C24H22N2O4S. The Morgan fingerprint density at radius 1 is 1.13 bits per heavy atom. The van der Waals surface area contributed by atoms with Crippen LogP contribution in [0.15, 0.2) is 59.9 Å². The van der Waals surface area contributed by atoms with Crippen molar-refractivity contribution in [2.45, 2.75) is 26.8 Å². The Bertz CT molecular complexity index is 1210. The highest BCUT2D eigenvalue weighted by atomic mass is 32.1. The van der Waals surface area contributed by atoms with Crippen LogP contribution in [0.1, 0.15) is 37.5 Å². The zero-order chi connectivity index (χ0) is 22.3. The number of ether oxygens (including phenoxy) is 1. The second kappa shape index (κ2) is 8.00. The number of ketones is 1. The fourth-order valence-electron chi connectivity index (χ4n) is 3.80. The third-order valence-electron chi connectivity index (χ3n) is 5.28. The lowest BCUT2D eigenvalue weighted by molar-refractivity contribution is -0.117. The SMILES string of the molecule is COc1cccc(C2C(C(=O)c3sc(C)nc3C)=C(O)C(=O)N2c2ccc(C)cc2)c1. The molecule has 1 aromatic heterocycles. The Kier molecular flexibility index (Phi) is 5.37. The van der Waals surface area contributed by atoms with Crippen LogP contribution in [0.2, 0.25) is 0 Å². The number of hydrogen-bond donors (Lipinski definition) is 1. The van der Waals surface area contributed by atoms with Crippen LogP contribution in [-0.4, -0.2) is 28.9 Å². The van der Waals surface area contributed by atoms with Crippen LogP contribution >= 0.6 is 11.3 Å². The summed E-state index contributed by atoms with van der Waals surface area (Å²) in [4.78, 5) is 33.0. The number of Topliss-reactive ketones (excluding diaryl/α,β-unsaturated/α-hetero) is 1. The summed E-state index contributed by atoms with van der Waals surface area (Å²) in [6.45, 7) is 5.53. The lowest BCUT2D eigenvalue weighted by Crippen LogP contribution is -2.31. The Hall–Kier alpha value is -3.45. The first-order chi connectivity index (χ1) is 14.8. The number of carbonyl (C=O) groups excluding carboxylic acids is 2. The van der Waals surface area contributed by atoms with Crippen molar-refractivity contribution in [1.29, 1.82) is 0 Å². The fourth-order valence-corrected chi connectivity index (χ4v) is 4.67. The minimum absolute atomic E-state index is 0.0468. The highest BCUT2D eigenvalue weighted by Gasteiger charge is 2.45. The first-order valence-electron chi connectivity index (χ1n) is 9.78.